The molecule has 0 aliphatic carbocycles. The number of nitro groups is 1. The van der Waals surface area contributed by atoms with Gasteiger partial charge in [-0.05, 0) is 12.1 Å². The number of carbonyl (C=O) groups excluding carboxylic acids is 3. The average Bonchev–Trinajstić information content (AvgIpc) is 2.72. The quantitative estimate of drug-likeness (QED) is 0.208. The van der Waals surface area contributed by atoms with Crippen molar-refractivity contribution in [1.82, 2.24) is 10.4 Å². The molecule has 1 fully saturated rings. The summed E-state index contributed by atoms with van der Waals surface area (Å²) in [5.41, 5.74) is 0.868. The standard InChI is InChI=1S/C11H9N3O9S2/c15-9-4-8(24)10(16)13(9)12-11(17)23-7-2-1-5(25(20,21)22)3-6(7)14(18)19/h1-3,8,24H,4H2,(H,12,17)(H,20,21,22). The predicted molar refractivity (Wildman–Crippen MR) is 81.3 cm³/mol. The molecule has 1 aromatic carbocycles. The molecular formula is C11H9N3O9S2. The highest BCUT2D eigenvalue weighted by atomic mass is 32.2. The van der Waals surface area contributed by atoms with Crippen LogP contribution in [0.2, 0.25) is 0 Å². The second-order valence-corrected chi connectivity index (χ2v) is 6.70. The second-order valence-electron chi connectivity index (χ2n) is 4.65. The monoisotopic (exact) mass is 391 g/mol. The van der Waals surface area contributed by atoms with Gasteiger partial charge in [0.1, 0.15) is 4.90 Å². The van der Waals surface area contributed by atoms with Crippen molar-refractivity contribution in [2.45, 2.75) is 16.6 Å². The molecule has 1 aliphatic heterocycles. The molecular weight excluding hydrogens is 382 g/mol. The number of thiol groups is 1. The smallest absolute Gasteiger partial charge is 0.402 e. The SMILES string of the molecule is O=C(NN1C(=O)CC(S)C1=O)Oc1ccc(S(=O)(=O)O)cc1[N+](=O)[O-]. The summed E-state index contributed by atoms with van der Waals surface area (Å²) < 4.78 is 35.5. The number of rotatable bonds is 4. The van der Waals surface area contributed by atoms with Gasteiger partial charge in [0.2, 0.25) is 11.7 Å². The largest absolute Gasteiger partial charge is 0.432 e. The molecule has 2 N–H and O–H groups in total. The summed E-state index contributed by atoms with van der Waals surface area (Å²) in [5, 5.41) is 10.4. The number of benzene rings is 1. The lowest BCUT2D eigenvalue weighted by Crippen LogP contribution is -2.47. The number of ether oxygens (including phenoxy) is 1. The second kappa shape index (κ2) is 6.66. The predicted octanol–water partition coefficient (Wildman–Crippen LogP) is -0.0978. The summed E-state index contributed by atoms with van der Waals surface area (Å²) in [6.07, 6.45) is -1.64. The first-order chi connectivity index (χ1) is 11.5. The van der Waals surface area contributed by atoms with Gasteiger partial charge >= 0.3 is 11.8 Å². The molecule has 0 radical (unpaired) electrons. The van der Waals surface area contributed by atoms with Gasteiger partial charge in [-0.1, -0.05) is 0 Å². The van der Waals surface area contributed by atoms with Gasteiger partial charge in [-0.3, -0.25) is 24.3 Å². The molecule has 14 heteroatoms. The number of nitrogens with one attached hydrogen (secondary N) is 1. The van der Waals surface area contributed by atoms with E-state index in [1.54, 1.807) is 5.43 Å². The normalized spacial score (nSPS) is 17.5. The number of hydrazine groups is 1. The summed E-state index contributed by atoms with van der Waals surface area (Å²) in [6, 6.07) is 2.00. The number of imide groups is 1. The molecule has 3 amide bonds. The Balaban J connectivity index is 2.22. The van der Waals surface area contributed by atoms with E-state index in [-0.39, 0.29) is 6.42 Å². The van der Waals surface area contributed by atoms with Gasteiger partial charge in [-0.25, -0.2) is 10.2 Å². The minimum Gasteiger partial charge on any atom is -0.402 e. The fourth-order valence-corrected chi connectivity index (χ4v) is 2.61. The number of hydrogen-bond acceptors (Lipinski definition) is 9. The number of nitrogens with zero attached hydrogens (tertiary/aromatic N) is 2. The zero-order chi connectivity index (χ0) is 18.9. The van der Waals surface area contributed by atoms with Gasteiger partial charge in [0.05, 0.1) is 10.2 Å². The Bertz CT molecular complexity index is 883. The molecule has 134 valence electrons. The number of carbonyl (C=O) groups is 3. The molecule has 2 rings (SSSR count). The fraction of sp³-hybridized carbons (Fsp3) is 0.182. The molecule has 1 aromatic rings. The highest BCUT2D eigenvalue weighted by molar-refractivity contribution is 7.85. The van der Waals surface area contributed by atoms with Crippen LogP contribution in [0, 0.1) is 10.1 Å². The van der Waals surface area contributed by atoms with Gasteiger partial charge in [0, 0.05) is 12.5 Å². The lowest BCUT2D eigenvalue weighted by atomic mass is 10.3. The summed E-state index contributed by atoms with van der Waals surface area (Å²) in [5.74, 6) is -2.23. The Hall–Kier alpha value is -2.71. The molecule has 0 saturated carbocycles. The van der Waals surface area contributed by atoms with Crippen molar-refractivity contribution in [3.63, 3.8) is 0 Å². The Morgan fingerprint density at radius 2 is 2.08 bits per heavy atom. The first-order valence-corrected chi connectivity index (χ1v) is 8.25. The van der Waals surface area contributed by atoms with E-state index in [1.165, 1.54) is 0 Å². The molecule has 1 aliphatic rings. The van der Waals surface area contributed by atoms with E-state index in [4.69, 9.17) is 4.55 Å². The maximum absolute atomic E-state index is 11.7. The number of amides is 3. The van der Waals surface area contributed by atoms with Gasteiger partial charge < -0.3 is 4.74 Å². The van der Waals surface area contributed by atoms with Crippen LogP contribution in [0.4, 0.5) is 10.5 Å². The maximum Gasteiger partial charge on any atom is 0.432 e. The highest BCUT2D eigenvalue weighted by Gasteiger charge is 2.38. The van der Waals surface area contributed by atoms with E-state index in [0.29, 0.717) is 11.1 Å². The Morgan fingerprint density at radius 3 is 2.56 bits per heavy atom. The van der Waals surface area contributed by atoms with Crippen LogP contribution in [-0.4, -0.2) is 46.1 Å². The lowest BCUT2D eigenvalue weighted by molar-refractivity contribution is -0.385. The van der Waals surface area contributed by atoms with Crippen LogP contribution < -0.4 is 10.2 Å². The number of hydrogen-bond donors (Lipinski definition) is 3. The Kier molecular flexibility index (Phi) is 4.96. The van der Waals surface area contributed by atoms with Crippen LogP contribution in [-0.2, 0) is 19.7 Å². The summed E-state index contributed by atoms with van der Waals surface area (Å²) in [7, 11) is -4.71. The van der Waals surface area contributed by atoms with Crippen molar-refractivity contribution in [3.8, 4) is 5.75 Å². The summed E-state index contributed by atoms with van der Waals surface area (Å²) >= 11 is 3.83. The van der Waals surface area contributed by atoms with Crippen LogP contribution in [0.3, 0.4) is 0 Å². The first-order valence-electron chi connectivity index (χ1n) is 6.30. The first kappa shape index (κ1) is 18.6. The molecule has 1 unspecified atom stereocenters. The van der Waals surface area contributed by atoms with E-state index >= 15 is 0 Å². The van der Waals surface area contributed by atoms with Gasteiger partial charge in [0.15, 0.2) is 0 Å². The molecule has 1 atom stereocenters. The van der Waals surface area contributed by atoms with Crippen molar-refractivity contribution in [2.24, 2.45) is 0 Å². The van der Waals surface area contributed by atoms with Crippen LogP contribution in [0.5, 0.6) is 5.75 Å². The van der Waals surface area contributed by atoms with E-state index in [9.17, 15) is 32.9 Å². The Morgan fingerprint density at radius 1 is 1.44 bits per heavy atom. The third-order valence-corrected chi connectivity index (χ3v) is 4.21. The van der Waals surface area contributed by atoms with Crippen molar-refractivity contribution < 1.29 is 37.0 Å². The molecule has 0 spiro atoms. The van der Waals surface area contributed by atoms with Crippen LogP contribution in [0.25, 0.3) is 0 Å². The Labute approximate surface area is 145 Å². The minimum absolute atomic E-state index is 0.245. The van der Waals surface area contributed by atoms with Gasteiger partial charge in [0.25, 0.3) is 16.0 Å². The maximum atomic E-state index is 11.7. The molecule has 12 nitrogen and oxygen atoms in total. The van der Waals surface area contributed by atoms with Crippen LogP contribution in [0.15, 0.2) is 23.1 Å². The van der Waals surface area contributed by atoms with E-state index in [0.717, 1.165) is 12.1 Å². The van der Waals surface area contributed by atoms with Crippen molar-refractivity contribution in [1.29, 1.82) is 0 Å². The minimum atomic E-state index is -4.71. The zero-order valence-electron chi connectivity index (χ0n) is 12.0. The molecule has 1 saturated heterocycles. The van der Waals surface area contributed by atoms with Crippen LogP contribution >= 0.6 is 12.6 Å². The van der Waals surface area contributed by atoms with Crippen LogP contribution in [0.1, 0.15) is 6.42 Å². The zero-order valence-corrected chi connectivity index (χ0v) is 13.7. The van der Waals surface area contributed by atoms with E-state index in [2.05, 4.69) is 17.4 Å². The van der Waals surface area contributed by atoms with Crippen molar-refractivity contribution >= 4 is 46.3 Å². The average molecular weight is 391 g/mol. The number of nitro benzene ring substituents is 1. The van der Waals surface area contributed by atoms with Gasteiger partial charge in [-0.2, -0.15) is 26.1 Å². The highest BCUT2D eigenvalue weighted by Crippen LogP contribution is 2.29. The van der Waals surface area contributed by atoms with Crippen molar-refractivity contribution in [3.05, 3.63) is 28.3 Å². The fourth-order valence-electron chi connectivity index (χ4n) is 1.83. The molecule has 0 aromatic heterocycles. The summed E-state index contributed by atoms with van der Waals surface area (Å²) in [6.45, 7) is 0. The molecule has 25 heavy (non-hydrogen) atoms. The van der Waals surface area contributed by atoms with Crippen molar-refractivity contribution in [2.75, 3.05) is 0 Å². The topological polar surface area (TPSA) is 173 Å². The third-order valence-electron chi connectivity index (χ3n) is 2.95. The lowest BCUT2D eigenvalue weighted by Gasteiger charge is -2.15. The van der Waals surface area contributed by atoms with E-state index < -0.39 is 54.5 Å². The molecule has 0 bridgehead atoms. The molecule has 1 heterocycles. The third kappa shape index (κ3) is 4.04. The van der Waals surface area contributed by atoms with E-state index in [1.807, 2.05) is 0 Å². The summed E-state index contributed by atoms with van der Waals surface area (Å²) in [4.78, 5) is 43.9. The van der Waals surface area contributed by atoms with Gasteiger partial charge in [-0.15, -0.1) is 0 Å².